The van der Waals surface area contributed by atoms with Gasteiger partial charge in [-0.15, -0.1) is 0 Å². The van der Waals surface area contributed by atoms with Crippen LogP contribution in [0.4, 0.5) is 0 Å². The Hall–Kier alpha value is -1.97. The largest absolute Gasteiger partial charge is 0.497 e. The van der Waals surface area contributed by atoms with E-state index in [1.54, 1.807) is 13.4 Å². The molecular weight excluding hydrogens is 290 g/mol. The minimum absolute atomic E-state index is 0.0688. The highest BCUT2D eigenvalue weighted by atomic mass is 16.5. The lowest BCUT2D eigenvalue weighted by Crippen LogP contribution is -2.27. The third kappa shape index (κ3) is 4.06. The first-order valence-corrected chi connectivity index (χ1v) is 8.57. The van der Waals surface area contributed by atoms with E-state index in [1.807, 2.05) is 18.2 Å². The highest BCUT2D eigenvalue weighted by molar-refractivity contribution is 5.88. The predicted molar refractivity (Wildman–Crippen MR) is 90.7 cm³/mol. The molecule has 1 aromatic heterocycles. The molecule has 0 aliphatic heterocycles. The van der Waals surface area contributed by atoms with Crippen LogP contribution in [0.15, 0.2) is 28.9 Å². The lowest BCUT2D eigenvalue weighted by atomic mass is 9.87. The number of fused-ring (bicyclic) bond motifs is 1. The summed E-state index contributed by atoms with van der Waals surface area (Å²) in [5, 5.41) is 4.03. The van der Waals surface area contributed by atoms with Crippen molar-refractivity contribution in [3.63, 3.8) is 0 Å². The molecule has 4 heteroatoms. The lowest BCUT2D eigenvalue weighted by molar-refractivity contribution is -0.120. The van der Waals surface area contributed by atoms with Crippen molar-refractivity contribution >= 4 is 16.9 Å². The molecule has 1 fully saturated rings. The van der Waals surface area contributed by atoms with Gasteiger partial charge in [-0.05, 0) is 24.5 Å². The van der Waals surface area contributed by atoms with E-state index in [4.69, 9.17) is 9.15 Å². The summed E-state index contributed by atoms with van der Waals surface area (Å²) in [5.74, 6) is 1.63. The molecule has 0 radical (unpaired) electrons. The molecule has 3 rings (SSSR count). The summed E-state index contributed by atoms with van der Waals surface area (Å²) in [6.45, 7) is 0.785. The molecule has 1 saturated carbocycles. The second-order valence-corrected chi connectivity index (χ2v) is 6.44. The number of carbonyl (C=O) groups is 1. The van der Waals surface area contributed by atoms with Crippen molar-refractivity contribution in [1.82, 2.24) is 5.32 Å². The predicted octanol–water partition coefficient (Wildman–Crippen LogP) is 4.07. The molecule has 1 N–H and O–H groups in total. The number of benzene rings is 1. The van der Waals surface area contributed by atoms with Crippen LogP contribution in [-0.2, 0) is 11.2 Å². The fourth-order valence-electron chi connectivity index (χ4n) is 3.45. The van der Waals surface area contributed by atoms with Gasteiger partial charge in [-0.2, -0.15) is 0 Å². The second kappa shape index (κ2) is 7.53. The van der Waals surface area contributed by atoms with Crippen LogP contribution in [0.5, 0.6) is 5.75 Å². The molecule has 2 aromatic rings. The Bertz CT molecular complexity index is 656. The number of hydrogen-bond acceptors (Lipinski definition) is 3. The maximum Gasteiger partial charge on any atom is 0.224 e. The third-order valence-corrected chi connectivity index (χ3v) is 4.81. The average molecular weight is 315 g/mol. The molecule has 124 valence electrons. The van der Waals surface area contributed by atoms with Crippen molar-refractivity contribution in [3.8, 4) is 5.75 Å². The average Bonchev–Trinajstić information content (AvgIpc) is 2.98. The van der Waals surface area contributed by atoms with Crippen molar-refractivity contribution < 1.29 is 13.9 Å². The molecule has 0 unspecified atom stereocenters. The van der Waals surface area contributed by atoms with E-state index in [0.29, 0.717) is 6.42 Å². The number of carbonyl (C=O) groups excluding carboxylic acids is 1. The monoisotopic (exact) mass is 315 g/mol. The van der Waals surface area contributed by atoms with Gasteiger partial charge in [0.1, 0.15) is 11.3 Å². The van der Waals surface area contributed by atoms with E-state index in [2.05, 4.69) is 5.32 Å². The summed E-state index contributed by atoms with van der Waals surface area (Å²) in [4.78, 5) is 12.1. The Balaban J connectivity index is 1.51. The van der Waals surface area contributed by atoms with Gasteiger partial charge in [0.2, 0.25) is 5.91 Å². The number of methoxy groups -OCH3 is 1. The third-order valence-electron chi connectivity index (χ3n) is 4.81. The minimum atomic E-state index is 0.0688. The zero-order valence-electron chi connectivity index (χ0n) is 13.8. The number of hydrogen-bond donors (Lipinski definition) is 1. The van der Waals surface area contributed by atoms with E-state index in [0.717, 1.165) is 41.2 Å². The number of furan rings is 1. The van der Waals surface area contributed by atoms with E-state index < -0.39 is 0 Å². The molecule has 4 nitrogen and oxygen atoms in total. The maximum atomic E-state index is 12.1. The van der Waals surface area contributed by atoms with Crippen LogP contribution >= 0.6 is 0 Å². The van der Waals surface area contributed by atoms with Gasteiger partial charge in [0.05, 0.1) is 19.8 Å². The molecule has 0 saturated heterocycles. The number of amides is 1. The summed E-state index contributed by atoms with van der Waals surface area (Å²) in [5.41, 5.74) is 1.69. The highest BCUT2D eigenvalue weighted by Gasteiger charge is 2.14. The van der Waals surface area contributed by atoms with E-state index in [-0.39, 0.29) is 5.91 Å². The molecule has 1 aliphatic rings. The van der Waals surface area contributed by atoms with Crippen LogP contribution in [0, 0.1) is 5.92 Å². The Morgan fingerprint density at radius 2 is 2.13 bits per heavy atom. The molecule has 1 heterocycles. The Labute approximate surface area is 137 Å². The van der Waals surface area contributed by atoms with Crippen molar-refractivity contribution in [1.29, 1.82) is 0 Å². The topological polar surface area (TPSA) is 51.5 Å². The Kier molecular flexibility index (Phi) is 5.21. The van der Waals surface area contributed by atoms with Crippen LogP contribution in [0.25, 0.3) is 11.0 Å². The molecule has 0 atom stereocenters. The van der Waals surface area contributed by atoms with Gasteiger partial charge in [0.25, 0.3) is 0 Å². The summed E-state index contributed by atoms with van der Waals surface area (Å²) >= 11 is 0. The quantitative estimate of drug-likeness (QED) is 0.874. The number of nitrogens with one attached hydrogen (secondary N) is 1. The second-order valence-electron chi connectivity index (χ2n) is 6.44. The fraction of sp³-hybridized carbons (Fsp3) is 0.526. The van der Waals surface area contributed by atoms with E-state index in [1.165, 1.54) is 32.1 Å². The molecule has 1 aromatic carbocycles. The maximum absolute atomic E-state index is 12.1. The van der Waals surface area contributed by atoms with Gasteiger partial charge in [0.15, 0.2) is 0 Å². The minimum Gasteiger partial charge on any atom is -0.497 e. The van der Waals surface area contributed by atoms with Gasteiger partial charge in [-0.25, -0.2) is 0 Å². The van der Waals surface area contributed by atoms with Gasteiger partial charge in [-0.1, -0.05) is 32.1 Å². The SMILES string of the molecule is COc1ccc2c(CC(=O)NCCC3CCCCC3)coc2c1. The van der Waals surface area contributed by atoms with Crippen LogP contribution in [0.2, 0.25) is 0 Å². The van der Waals surface area contributed by atoms with Crippen LogP contribution in [0.1, 0.15) is 44.1 Å². The first-order chi connectivity index (χ1) is 11.3. The molecular formula is C19H25NO3. The zero-order valence-corrected chi connectivity index (χ0v) is 13.8. The smallest absolute Gasteiger partial charge is 0.224 e. The van der Waals surface area contributed by atoms with E-state index in [9.17, 15) is 4.79 Å². The zero-order chi connectivity index (χ0) is 16.1. The fourth-order valence-corrected chi connectivity index (χ4v) is 3.45. The molecule has 1 aliphatic carbocycles. The van der Waals surface area contributed by atoms with Crippen molar-refractivity contribution in [2.24, 2.45) is 5.92 Å². The Morgan fingerprint density at radius 3 is 2.91 bits per heavy atom. The van der Waals surface area contributed by atoms with Crippen LogP contribution < -0.4 is 10.1 Å². The molecule has 0 bridgehead atoms. The summed E-state index contributed by atoms with van der Waals surface area (Å²) in [6.07, 6.45) is 9.87. The van der Waals surface area contributed by atoms with Crippen LogP contribution in [-0.4, -0.2) is 19.6 Å². The first kappa shape index (κ1) is 15.9. The van der Waals surface area contributed by atoms with Crippen LogP contribution in [0.3, 0.4) is 0 Å². The first-order valence-electron chi connectivity index (χ1n) is 8.57. The van der Waals surface area contributed by atoms with Crippen molar-refractivity contribution in [2.45, 2.75) is 44.9 Å². The summed E-state index contributed by atoms with van der Waals surface area (Å²) in [7, 11) is 1.63. The standard InChI is InChI=1S/C19H25NO3/c1-22-16-7-8-17-15(13-23-18(17)12-16)11-19(21)20-10-9-14-5-3-2-4-6-14/h7-8,12-14H,2-6,9-11H2,1H3,(H,20,21). The number of rotatable bonds is 6. The summed E-state index contributed by atoms with van der Waals surface area (Å²) < 4.78 is 10.7. The summed E-state index contributed by atoms with van der Waals surface area (Å²) in [6, 6.07) is 5.68. The van der Waals surface area contributed by atoms with Crippen molar-refractivity contribution in [2.75, 3.05) is 13.7 Å². The molecule has 0 spiro atoms. The molecule has 1 amide bonds. The normalized spacial score (nSPS) is 15.7. The van der Waals surface area contributed by atoms with Gasteiger partial charge in [-0.3, -0.25) is 4.79 Å². The van der Waals surface area contributed by atoms with Gasteiger partial charge >= 0.3 is 0 Å². The highest BCUT2D eigenvalue weighted by Crippen LogP contribution is 2.27. The van der Waals surface area contributed by atoms with Gasteiger partial charge in [0, 0.05) is 23.6 Å². The number of ether oxygens (including phenoxy) is 1. The van der Waals surface area contributed by atoms with E-state index >= 15 is 0 Å². The van der Waals surface area contributed by atoms with Crippen molar-refractivity contribution in [3.05, 3.63) is 30.0 Å². The lowest BCUT2D eigenvalue weighted by Gasteiger charge is -2.21. The Morgan fingerprint density at radius 1 is 1.30 bits per heavy atom. The molecule has 23 heavy (non-hydrogen) atoms. The van der Waals surface area contributed by atoms with Gasteiger partial charge < -0.3 is 14.5 Å².